The predicted molar refractivity (Wildman–Crippen MR) is 127 cm³/mol. The highest BCUT2D eigenvalue weighted by Gasteiger charge is 2.57. The standard InChI is InChI=1S/C27H31FO2Si/c1-26(2,3)31(24-10-6-4-7-11-24,25-12-8-5-9-13-25)30-19-22-18-27(22,20-29)21-14-16-23(28)17-15-21/h4-17,22,29H,18-20H2,1-3H3/t22-,27+/m0/s1. The first-order valence-corrected chi connectivity index (χ1v) is 12.9. The van der Waals surface area contributed by atoms with Gasteiger partial charge >= 0.3 is 0 Å². The number of hydrogen-bond donors (Lipinski definition) is 1. The Morgan fingerprint density at radius 3 is 1.87 bits per heavy atom. The molecular weight excluding hydrogens is 403 g/mol. The number of aliphatic hydroxyl groups excluding tert-OH is 1. The van der Waals surface area contributed by atoms with E-state index in [2.05, 4.69) is 69.3 Å². The molecule has 3 aromatic carbocycles. The summed E-state index contributed by atoms with van der Waals surface area (Å²) in [6.45, 7) is 7.43. The second-order valence-electron chi connectivity index (χ2n) is 9.70. The van der Waals surface area contributed by atoms with Crippen LogP contribution < -0.4 is 10.4 Å². The lowest BCUT2D eigenvalue weighted by Gasteiger charge is -2.43. The van der Waals surface area contributed by atoms with Crippen LogP contribution in [0, 0.1) is 11.7 Å². The molecule has 2 atom stereocenters. The van der Waals surface area contributed by atoms with E-state index in [4.69, 9.17) is 4.43 Å². The van der Waals surface area contributed by atoms with Crippen molar-refractivity contribution >= 4 is 18.7 Å². The maximum atomic E-state index is 13.4. The Balaban J connectivity index is 1.69. The molecule has 0 amide bonds. The Kier molecular flexibility index (Phi) is 5.90. The van der Waals surface area contributed by atoms with E-state index in [0.29, 0.717) is 6.61 Å². The summed E-state index contributed by atoms with van der Waals surface area (Å²) >= 11 is 0. The SMILES string of the molecule is CC(C)(C)[Si](OC[C@@H]1C[C@@]1(CO)c1ccc(F)cc1)(c1ccccc1)c1ccccc1. The van der Waals surface area contributed by atoms with E-state index in [1.165, 1.54) is 22.5 Å². The largest absolute Gasteiger partial charge is 0.407 e. The molecule has 4 heteroatoms. The summed E-state index contributed by atoms with van der Waals surface area (Å²) in [7, 11) is -2.60. The lowest BCUT2D eigenvalue weighted by Crippen LogP contribution is -2.66. The highest BCUT2D eigenvalue weighted by Crippen LogP contribution is 2.54. The molecule has 2 nitrogen and oxygen atoms in total. The molecule has 4 rings (SSSR count). The van der Waals surface area contributed by atoms with Gasteiger partial charge in [-0.2, -0.15) is 0 Å². The van der Waals surface area contributed by atoms with Crippen LogP contribution in [0.4, 0.5) is 4.39 Å². The zero-order valence-electron chi connectivity index (χ0n) is 18.5. The molecule has 162 valence electrons. The minimum atomic E-state index is -2.60. The van der Waals surface area contributed by atoms with Gasteiger partial charge in [0.05, 0.1) is 6.61 Å². The smallest absolute Gasteiger partial charge is 0.261 e. The highest BCUT2D eigenvalue weighted by molar-refractivity contribution is 6.99. The summed E-state index contributed by atoms with van der Waals surface area (Å²) in [5.74, 6) is -0.0396. The molecule has 0 saturated heterocycles. The van der Waals surface area contributed by atoms with Gasteiger partial charge in [0, 0.05) is 12.0 Å². The number of hydrogen-bond acceptors (Lipinski definition) is 2. The maximum Gasteiger partial charge on any atom is 0.261 e. The molecule has 1 fully saturated rings. The quantitative estimate of drug-likeness (QED) is 0.549. The molecule has 0 heterocycles. The van der Waals surface area contributed by atoms with Gasteiger partial charge < -0.3 is 9.53 Å². The first kappa shape index (κ1) is 21.9. The van der Waals surface area contributed by atoms with Crippen molar-refractivity contribution in [2.24, 2.45) is 5.92 Å². The fourth-order valence-electron chi connectivity index (χ4n) is 5.01. The topological polar surface area (TPSA) is 29.5 Å². The van der Waals surface area contributed by atoms with E-state index in [0.717, 1.165) is 12.0 Å². The van der Waals surface area contributed by atoms with Crippen LogP contribution in [0.3, 0.4) is 0 Å². The Bertz CT molecular complexity index is 959. The van der Waals surface area contributed by atoms with Gasteiger partial charge in [0.25, 0.3) is 8.32 Å². The summed E-state index contributed by atoms with van der Waals surface area (Å²) in [5, 5.41) is 12.7. The first-order chi connectivity index (χ1) is 14.8. The molecule has 1 aliphatic carbocycles. The van der Waals surface area contributed by atoms with Gasteiger partial charge in [-0.05, 0) is 45.4 Å². The van der Waals surface area contributed by atoms with Crippen LogP contribution >= 0.6 is 0 Å². The lowest BCUT2D eigenvalue weighted by atomic mass is 9.94. The molecular formula is C27H31FO2Si. The van der Waals surface area contributed by atoms with Gasteiger partial charge in [0.1, 0.15) is 5.82 Å². The molecule has 3 aromatic rings. The third-order valence-electron chi connectivity index (χ3n) is 6.85. The molecule has 0 aliphatic heterocycles. The van der Waals surface area contributed by atoms with Gasteiger partial charge in [-0.25, -0.2) is 4.39 Å². The zero-order chi connectivity index (χ0) is 22.1. The number of benzene rings is 3. The van der Waals surface area contributed by atoms with Crippen molar-refractivity contribution in [3.8, 4) is 0 Å². The Labute approximate surface area is 185 Å². The first-order valence-electron chi connectivity index (χ1n) is 11.0. The second-order valence-corrected chi connectivity index (χ2v) is 14.0. The molecule has 0 unspecified atom stereocenters. The van der Waals surface area contributed by atoms with Gasteiger partial charge in [0.2, 0.25) is 0 Å². The van der Waals surface area contributed by atoms with E-state index in [9.17, 15) is 9.50 Å². The minimum Gasteiger partial charge on any atom is -0.407 e. The molecule has 0 aromatic heterocycles. The van der Waals surface area contributed by atoms with Gasteiger partial charge in [-0.15, -0.1) is 0 Å². The summed E-state index contributed by atoms with van der Waals surface area (Å²) in [5.41, 5.74) is 0.659. The van der Waals surface area contributed by atoms with Crippen LogP contribution in [-0.2, 0) is 9.84 Å². The van der Waals surface area contributed by atoms with Crippen LogP contribution in [0.25, 0.3) is 0 Å². The number of aliphatic hydroxyl groups is 1. The number of halogens is 1. The Hall–Kier alpha value is -2.27. The van der Waals surface area contributed by atoms with Crippen LogP contribution in [-0.4, -0.2) is 26.6 Å². The Morgan fingerprint density at radius 1 is 0.903 bits per heavy atom. The minimum absolute atomic E-state index is 0.0490. The fraction of sp³-hybridized carbons (Fsp3) is 0.333. The van der Waals surface area contributed by atoms with Gasteiger partial charge in [-0.1, -0.05) is 93.6 Å². The fourth-order valence-corrected chi connectivity index (χ4v) is 9.61. The van der Waals surface area contributed by atoms with Crippen molar-refractivity contribution in [2.75, 3.05) is 13.2 Å². The Morgan fingerprint density at radius 2 is 1.42 bits per heavy atom. The van der Waals surface area contributed by atoms with Crippen LogP contribution in [0.15, 0.2) is 84.9 Å². The van der Waals surface area contributed by atoms with Crippen LogP contribution in [0.1, 0.15) is 32.8 Å². The normalized spacial score (nSPS) is 21.1. The van der Waals surface area contributed by atoms with Gasteiger partial charge in [-0.3, -0.25) is 0 Å². The van der Waals surface area contributed by atoms with Crippen molar-refractivity contribution in [3.05, 3.63) is 96.3 Å². The summed E-state index contributed by atoms with van der Waals surface area (Å²) < 4.78 is 20.5. The molecule has 1 saturated carbocycles. The van der Waals surface area contributed by atoms with Crippen LogP contribution in [0.2, 0.25) is 5.04 Å². The van der Waals surface area contributed by atoms with E-state index in [1.807, 2.05) is 12.1 Å². The van der Waals surface area contributed by atoms with E-state index < -0.39 is 8.32 Å². The van der Waals surface area contributed by atoms with Crippen molar-refractivity contribution in [1.82, 2.24) is 0 Å². The highest BCUT2D eigenvalue weighted by atomic mass is 28.4. The van der Waals surface area contributed by atoms with Crippen molar-refractivity contribution < 1.29 is 13.9 Å². The van der Waals surface area contributed by atoms with E-state index in [1.54, 1.807) is 12.1 Å². The molecule has 0 bridgehead atoms. The third kappa shape index (κ3) is 3.89. The number of rotatable bonds is 7. The average molecular weight is 435 g/mol. The van der Waals surface area contributed by atoms with E-state index >= 15 is 0 Å². The summed E-state index contributed by atoms with van der Waals surface area (Å²) in [6, 6.07) is 27.8. The molecule has 1 aliphatic rings. The predicted octanol–water partition coefficient (Wildman–Crippen LogP) is 4.65. The maximum absolute atomic E-state index is 13.4. The van der Waals surface area contributed by atoms with Gasteiger partial charge in [0.15, 0.2) is 0 Å². The molecule has 0 radical (unpaired) electrons. The summed E-state index contributed by atoms with van der Waals surface area (Å²) in [6.07, 6.45) is 0.854. The van der Waals surface area contributed by atoms with Crippen molar-refractivity contribution in [1.29, 1.82) is 0 Å². The van der Waals surface area contributed by atoms with Crippen molar-refractivity contribution in [2.45, 2.75) is 37.6 Å². The summed E-state index contributed by atoms with van der Waals surface area (Å²) in [4.78, 5) is 0. The van der Waals surface area contributed by atoms with Crippen LogP contribution in [0.5, 0.6) is 0 Å². The molecule has 0 spiro atoms. The molecule has 1 N–H and O–H groups in total. The van der Waals surface area contributed by atoms with E-state index in [-0.39, 0.29) is 28.8 Å². The van der Waals surface area contributed by atoms with Crippen molar-refractivity contribution in [3.63, 3.8) is 0 Å². The molecule has 31 heavy (non-hydrogen) atoms. The lowest BCUT2D eigenvalue weighted by molar-refractivity contribution is 0.217. The average Bonchev–Trinajstić information content (AvgIpc) is 3.50. The second kappa shape index (κ2) is 8.34. The third-order valence-corrected chi connectivity index (χ3v) is 11.9. The zero-order valence-corrected chi connectivity index (χ0v) is 19.5. The monoisotopic (exact) mass is 434 g/mol.